The molecule has 2 atom stereocenters. The number of nitrogens with zero attached hydrogens (tertiary/aromatic N) is 4. The Hall–Kier alpha value is -3.38. The summed E-state index contributed by atoms with van der Waals surface area (Å²) in [5.41, 5.74) is 3.83. The lowest BCUT2D eigenvalue weighted by molar-refractivity contribution is -0.149. The van der Waals surface area contributed by atoms with E-state index in [2.05, 4.69) is 38.9 Å². The Morgan fingerprint density at radius 1 is 1.21 bits per heavy atom. The summed E-state index contributed by atoms with van der Waals surface area (Å²) in [4.78, 5) is 31.7. The summed E-state index contributed by atoms with van der Waals surface area (Å²) in [7, 11) is 1.83. The van der Waals surface area contributed by atoms with Crippen LogP contribution in [-0.4, -0.2) is 37.9 Å². The number of amides is 1. The second-order valence-corrected chi connectivity index (χ2v) is 12.2. The molecule has 8 nitrogen and oxygen atoms in total. The van der Waals surface area contributed by atoms with E-state index in [9.17, 15) is 14.7 Å². The van der Waals surface area contributed by atoms with Gasteiger partial charge < -0.3 is 9.84 Å². The molecule has 0 aliphatic heterocycles. The Balaban J connectivity index is 1.55. The maximum absolute atomic E-state index is 13.4. The molecule has 3 aromatic rings. The minimum atomic E-state index is -0.762. The number of aromatic nitrogens is 3. The van der Waals surface area contributed by atoms with Crippen LogP contribution in [0.15, 0.2) is 28.7 Å². The number of halogens is 1. The minimum Gasteiger partial charge on any atom is -0.481 e. The van der Waals surface area contributed by atoms with Crippen molar-refractivity contribution < 1.29 is 19.4 Å². The SMILES string of the molecule is CC#CC(=O)N(c1ccc2c(n1)c(O[C@@H]1CC[C@@H](C(=O)O)C(C)(C)C1)nn2C)c1cc(C)c(Br)cc1C1CC1. The fourth-order valence-corrected chi connectivity index (χ4v) is 6.05. The largest absolute Gasteiger partial charge is 0.481 e. The summed E-state index contributed by atoms with van der Waals surface area (Å²) in [6.45, 7) is 7.60. The molecule has 2 aliphatic rings. The highest BCUT2D eigenvalue weighted by Gasteiger charge is 2.42. The van der Waals surface area contributed by atoms with E-state index in [4.69, 9.17) is 9.72 Å². The summed E-state index contributed by atoms with van der Waals surface area (Å²) >= 11 is 3.65. The molecule has 0 spiro atoms. The van der Waals surface area contributed by atoms with E-state index in [1.807, 2.05) is 46.0 Å². The van der Waals surface area contributed by atoms with Crippen LogP contribution in [-0.2, 0) is 16.6 Å². The van der Waals surface area contributed by atoms with Gasteiger partial charge in [0.25, 0.3) is 5.88 Å². The third-order valence-corrected chi connectivity index (χ3v) is 8.79. The molecule has 0 unspecified atom stereocenters. The van der Waals surface area contributed by atoms with Gasteiger partial charge in [-0.2, -0.15) is 0 Å². The molecule has 2 aliphatic carbocycles. The molecule has 1 aromatic carbocycles. The number of rotatable bonds is 6. The van der Waals surface area contributed by atoms with E-state index in [1.54, 1.807) is 16.5 Å². The van der Waals surface area contributed by atoms with Crippen molar-refractivity contribution in [1.29, 1.82) is 0 Å². The van der Waals surface area contributed by atoms with Crippen LogP contribution >= 0.6 is 15.9 Å². The van der Waals surface area contributed by atoms with Gasteiger partial charge >= 0.3 is 11.9 Å². The Labute approximate surface area is 236 Å². The second kappa shape index (κ2) is 10.3. The van der Waals surface area contributed by atoms with Crippen LogP contribution in [0, 0.1) is 30.1 Å². The van der Waals surface area contributed by atoms with Gasteiger partial charge in [-0.25, -0.2) is 4.98 Å². The van der Waals surface area contributed by atoms with E-state index in [0.717, 1.165) is 39.6 Å². The van der Waals surface area contributed by atoms with Gasteiger partial charge in [0.05, 0.1) is 17.1 Å². The molecule has 2 saturated carbocycles. The smallest absolute Gasteiger partial charge is 0.308 e. The second-order valence-electron chi connectivity index (χ2n) is 11.3. The molecule has 0 radical (unpaired) electrons. The van der Waals surface area contributed by atoms with Crippen LogP contribution in [0.1, 0.15) is 69.9 Å². The lowest BCUT2D eigenvalue weighted by atomic mass is 9.68. The van der Waals surface area contributed by atoms with Crippen molar-refractivity contribution in [3.05, 3.63) is 39.9 Å². The van der Waals surface area contributed by atoms with Gasteiger partial charge in [0.2, 0.25) is 0 Å². The Morgan fingerprint density at radius 3 is 2.59 bits per heavy atom. The Bertz CT molecular complexity index is 1530. The molecule has 39 heavy (non-hydrogen) atoms. The maximum atomic E-state index is 13.4. The van der Waals surface area contributed by atoms with Gasteiger partial charge in [-0.3, -0.25) is 19.2 Å². The van der Waals surface area contributed by atoms with Crippen molar-refractivity contribution in [2.75, 3.05) is 4.90 Å². The predicted molar refractivity (Wildman–Crippen MR) is 153 cm³/mol. The summed E-state index contributed by atoms with van der Waals surface area (Å²) in [5.74, 6) is 5.15. The number of aryl methyl sites for hydroxylation is 2. The number of carboxylic acid groups (broad SMARTS) is 1. The van der Waals surface area contributed by atoms with Gasteiger partial charge in [-0.05, 0) is 98.6 Å². The first-order chi connectivity index (χ1) is 18.5. The molecule has 0 bridgehead atoms. The zero-order valence-electron chi connectivity index (χ0n) is 22.9. The van der Waals surface area contributed by atoms with Gasteiger partial charge in [0.15, 0.2) is 5.52 Å². The van der Waals surface area contributed by atoms with Gasteiger partial charge in [0.1, 0.15) is 11.9 Å². The number of ether oxygens (including phenoxy) is 1. The number of fused-ring (bicyclic) bond motifs is 1. The molecule has 2 fully saturated rings. The van der Waals surface area contributed by atoms with Gasteiger partial charge in [0, 0.05) is 11.5 Å². The Morgan fingerprint density at radius 2 is 1.95 bits per heavy atom. The highest BCUT2D eigenvalue weighted by molar-refractivity contribution is 9.10. The first-order valence-electron chi connectivity index (χ1n) is 13.3. The quantitative estimate of drug-likeness (QED) is 0.339. The fraction of sp³-hybridized carbons (Fsp3) is 0.467. The van der Waals surface area contributed by atoms with Crippen molar-refractivity contribution in [1.82, 2.24) is 14.8 Å². The number of hydrogen-bond acceptors (Lipinski definition) is 5. The summed E-state index contributed by atoms with van der Waals surface area (Å²) < 4.78 is 9.11. The van der Waals surface area contributed by atoms with E-state index in [0.29, 0.717) is 42.4 Å². The van der Waals surface area contributed by atoms with E-state index < -0.39 is 17.3 Å². The highest BCUT2D eigenvalue weighted by Crippen LogP contribution is 2.47. The molecule has 5 rings (SSSR count). The van der Waals surface area contributed by atoms with Crippen molar-refractivity contribution >= 4 is 50.3 Å². The molecule has 1 amide bonds. The molecular formula is C30H33BrN4O4. The van der Waals surface area contributed by atoms with Crippen LogP contribution in [0.2, 0.25) is 0 Å². The van der Waals surface area contributed by atoms with Gasteiger partial charge in [-0.15, -0.1) is 5.10 Å². The van der Waals surface area contributed by atoms with E-state index in [-0.39, 0.29) is 12.0 Å². The molecular weight excluding hydrogens is 560 g/mol. The molecule has 2 heterocycles. The van der Waals surface area contributed by atoms with Crippen LogP contribution < -0.4 is 9.64 Å². The normalized spacial score (nSPS) is 20.3. The third kappa shape index (κ3) is 5.27. The average molecular weight is 594 g/mol. The van der Waals surface area contributed by atoms with Gasteiger partial charge in [-0.1, -0.05) is 35.7 Å². The number of aliphatic carboxylic acids is 1. The molecule has 204 valence electrons. The fourth-order valence-electron chi connectivity index (χ4n) is 5.69. The summed E-state index contributed by atoms with van der Waals surface area (Å²) in [5, 5.41) is 14.2. The molecule has 0 saturated heterocycles. The number of carbonyl (C=O) groups is 2. The minimum absolute atomic E-state index is 0.182. The topological polar surface area (TPSA) is 97.6 Å². The number of benzene rings is 1. The van der Waals surface area contributed by atoms with Crippen LogP contribution in [0.25, 0.3) is 11.0 Å². The van der Waals surface area contributed by atoms with Crippen LogP contribution in [0.3, 0.4) is 0 Å². The van der Waals surface area contributed by atoms with E-state index in [1.165, 1.54) is 0 Å². The number of hydrogen-bond donors (Lipinski definition) is 1. The van der Waals surface area contributed by atoms with Crippen molar-refractivity contribution in [3.63, 3.8) is 0 Å². The summed E-state index contributed by atoms with van der Waals surface area (Å²) in [6, 6.07) is 7.83. The van der Waals surface area contributed by atoms with Crippen molar-refractivity contribution in [2.24, 2.45) is 18.4 Å². The van der Waals surface area contributed by atoms with Crippen molar-refractivity contribution in [3.8, 4) is 17.7 Å². The number of pyridine rings is 1. The lowest BCUT2D eigenvalue weighted by Gasteiger charge is -2.39. The van der Waals surface area contributed by atoms with E-state index >= 15 is 0 Å². The number of carbonyl (C=O) groups excluding carboxylic acids is 1. The first kappa shape index (κ1) is 27.2. The third-order valence-electron chi connectivity index (χ3n) is 7.93. The summed E-state index contributed by atoms with van der Waals surface area (Å²) in [6.07, 6.45) is 3.74. The number of anilines is 2. The number of carboxylic acids is 1. The van der Waals surface area contributed by atoms with Crippen LogP contribution in [0.4, 0.5) is 11.5 Å². The monoisotopic (exact) mass is 592 g/mol. The maximum Gasteiger partial charge on any atom is 0.308 e. The lowest BCUT2D eigenvalue weighted by Crippen LogP contribution is -2.41. The van der Waals surface area contributed by atoms with Crippen LogP contribution in [0.5, 0.6) is 5.88 Å². The average Bonchev–Trinajstić information content (AvgIpc) is 3.66. The first-order valence-corrected chi connectivity index (χ1v) is 14.1. The molecule has 2 aromatic heterocycles. The van der Waals surface area contributed by atoms with Crippen molar-refractivity contribution in [2.45, 2.75) is 71.8 Å². The highest BCUT2D eigenvalue weighted by atomic mass is 79.9. The molecule has 9 heteroatoms. The standard InChI is InChI=1S/C30H33BrN4O4/c1-6-7-26(36)35(24-14-17(2)22(31)15-20(24)18-8-9-18)25-13-12-23-27(32-25)28(33-34(23)5)39-19-10-11-21(29(37)38)30(3,4)16-19/h12-15,18-19,21H,8-11,16H2,1-5H3,(H,37,38)/t19-,21+/m1/s1. The predicted octanol–water partition coefficient (Wildman–Crippen LogP) is 6.26. The zero-order valence-corrected chi connectivity index (χ0v) is 24.5. The zero-order chi connectivity index (χ0) is 28.1. The molecule has 1 N–H and O–H groups in total. The Kier molecular flexibility index (Phi) is 7.19.